The fourth-order valence-corrected chi connectivity index (χ4v) is 1.78. The lowest BCUT2D eigenvalue weighted by molar-refractivity contribution is 0.0697. The molecule has 0 bridgehead atoms. The first-order valence-electron chi connectivity index (χ1n) is 4.59. The number of nitrogens with zero attached hydrogens (tertiary/aromatic N) is 2. The van der Waals surface area contributed by atoms with Crippen LogP contribution in [0.15, 0.2) is 12.3 Å². The summed E-state index contributed by atoms with van der Waals surface area (Å²) in [5.41, 5.74) is 0.0548. The molecular weight excluding hydrogens is 246 g/mol. The maximum Gasteiger partial charge on any atom is 0.339 e. The zero-order valence-corrected chi connectivity index (χ0v) is 10.4. The quantitative estimate of drug-likeness (QED) is 0.802. The van der Waals surface area contributed by atoms with Gasteiger partial charge in [0.25, 0.3) is 0 Å². The molecular formula is C9H13N3O4S. The third-order valence-corrected chi connectivity index (χ3v) is 2.43. The average molecular weight is 259 g/mol. The summed E-state index contributed by atoms with van der Waals surface area (Å²) < 4.78 is 24.2. The van der Waals surface area contributed by atoms with E-state index in [0.29, 0.717) is 0 Å². The van der Waals surface area contributed by atoms with E-state index in [-0.39, 0.29) is 17.1 Å². The number of carboxylic acids is 1. The summed E-state index contributed by atoms with van der Waals surface area (Å²) in [6.45, 7) is 0. The molecule has 1 aromatic rings. The summed E-state index contributed by atoms with van der Waals surface area (Å²) in [5.74, 6) is -0.907. The molecule has 0 unspecified atom stereocenters. The summed E-state index contributed by atoms with van der Waals surface area (Å²) in [6, 6.07) is 1.23. The Labute approximate surface area is 99.1 Å². The molecule has 1 heterocycles. The largest absolute Gasteiger partial charge is 0.478 e. The van der Waals surface area contributed by atoms with E-state index in [0.717, 1.165) is 6.26 Å². The number of aromatic nitrogens is 1. The second-order valence-corrected chi connectivity index (χ2v) is 5.42. The normalized spacial score (nSPS) is 11.0. The van der Waals surface area contributed by atoms with Gasteiger partial charge in [-0.15, -0.1) is 0 Å². The van der Waals surface area contributed by atoms with Crippen molar-refractivity contribution in [2.75, 3.05) is 30.0 Å². The van der Waals surface area contributed by atoms with E-state index in [2.05, 4.69) is 9.71 Å². The van der Waals surface area contributed by atoms with Crippen molar-refractivity contribution in [1.82, 2.24) is 4.98 Å². The van der Waals surface area contributed by atoms with Crippen LogP contribution in [0.1, 0.15) is 10.4 Å². The number of carboxylic acid groups (broad SMARTS) is 1. The fraction of sp³-hybridized carbons (Fsp3) is 0.333. The number of sulfonamides is 1. The fourth-order valence-electron chi connectivity index (χ4n) is 1.24. The molecule has 0 saturated heterocycles. The van der Waals surface area contributed by atoms with Gasteiger partial charge in [0.05, 0.1) is 18.1 Å². The summed E-state index contributed by atoms with van der Waals surface area (Å²) in [5, 5.41) is 8.99. The van der Waals surface area contributed by atoms with E-state index >= 15 is 0 Å². The predicted octanol–water partition coefficient (Wildman–Crippen LogP) is 0.217. The van der Waals surface area contributed by atoms with Gasteiger partial charge >= 0.3 is 5.97 Å². The molecule has 0 aromatic carbocycles. The predicted molar refractivity (Wildman–Crippen MR) is 64.0 cm³/mol. The molecule has 0 amide bonds. The van der Waals surface area contributed by atoms with Crippen molar-refractivity contribution >= 4 is 27.5 Å². The van der Waals surface area contributed by atoms with Crippen molar-refractivity contribution < 1.29 is 18.3 Å². The van der Waals surface area contributed by atoms with Crippen LogP contribution in [0.25, 0.3) is 0 Å². The van der Waals surface area contributed by atoms with Crippen LogP contribution in [0.4, 0.5) is 11.5 Å². The number of hydrogen-bond donors (Lipinski definition) is 2. The van der Waals surface area contributed by atoms with Crippen molar-refractivity contribution in [2.24, 2.45) is 0 Å². The van der Waals surface area contributed by atoms with Gasteiger partial charge in [0.1, 0.15) is 11.4 Å². The molecule has 0 aliphatic heterocycles. The summed E-state index contributed by atoms with van der Waals surface area (Å²) in [7, 11) is -0.147. The molecule has 94 valence electrons. The molecule has 0 radical (unpaired) electrons. The molecule has 1 rings (SSSR count). The van der Waals surface area contributed by atoms with Crippen molar-refractivity contribution in [2.45, 2.75) is 0 Å². The second-order valence-electron chi connectivity index (χ2n) is 3.67. The summed E-state index contributed by atoms with van der Waals surface area (Å²) in [6.07, 6.45) is 2.25. The Morgan fingerprint density at radius 3 is 2.47 bits per heavy atom. The minimum atomic E-state index is -3.45. The Balaban J connectivity index is 3.24. The summed E-state index contributed by atoms with van der Waals surface area (Å²) >= 11 is 0. The first kappa shape index (κ1) is 13.2. The second kappa shape index (κ2) is 4.58. The molecule has 8 heteroatoms. The number of pyridine rings is 1. The molecule has 1 aromatic heterocycles. The van der Waals surface area contributed by atoms with Gasteiger partial charge in [0, 0.05) is 14.1 Å². The molecule has 0 saturated carbocycles. The highest BCUT2D eigenvalue weighted by Crippen LogP contribution is 2.20. The Hall–Kier alpha value is -1.83. The molecule has 0 aliphatic carbocycles. The van der Waals surface area contributed by atoms with E-state index in [4.69, 9.17) is 5.11 Å². The van der Waals surface area contributed by atoms with Gasteiger partial charge in [0.2, 0.25) is 10.0 Å². The first-order valence-corrected chi connectivity index (χ1v) is 6.48. The lowest BCUT2D eigenvalue weighted by atomic mass is 10.2. The third-order valence-electron chi connectivity index (χ3n) is 1.82. The third kappa shape index (κ3) is 3.59. The molecule has 2 N–H and O–H groups in total. The zero-order chi connectivity index (χ0) is 13.2. The monoisotopic (exact) mass is 259 g/mol. The van der Waals surface area contributed by atoms with Gasteiger partial charge in [-0.3, -0.25) is 4.72 Å². The van der Waals surface area contributed by atoms with Crippen molar-refractivity contribution in [3.63, 3.8) is 0 Å². The maximum absolute atomic E-state index is 11.0. The van der Waals surface area contributed by atoms with Gasteiger partial charge < -0.3 is 10.0 Å². The number of carbonyl (C=O) groups is 1. The topological polar surface area (TPSA) is 99.6 Å². The minimum absolute atomic E-state index is 0.0661. The minimum Gasteiger partial charge on any atom is -0.478 e. The Morgan fingerprint density at radius 1 is 1.47 bits per heavy atom. The zero-order valence-electron chi connectivity index (χ0n) is 9.63. The molecule has 0 fully saturated rings. The van der Waals surface area contributed by atoms with Crippen LogP contribution in [0.3, 0.4) is 0 Å². The van der Waals surface area contributed by atoms with Crippen LogP contribution >= 0.6 is 0 Å². The van der Waals surface area contributed by atoms with Gasteiger partial charge in [0.15, 0.2) is 0 Å². The van der Waals surface area contributed by atoms with E-state index in [1.54, 1.807) is 14.1 Å². The first-order chi connectivity index (χ1) is 7.70. The molecule has 0 atom stereocenters. The molecule has 17 heavy (non-hydrogen) atoms. The lowest BCUT2D eigenvalue weighted by Gasteiger charge is -2.15. The van der Waals surface area contributed by atoms with Crippen LogP contribution in [-0.4, -0.2) is 44.8 Å². The molecule has 7 nitrogen and oxygen atoms in total. The number of aromatic carboxylic acids is 1. The van der Waals surface area contributed by atoms with Crippen LogP contribution in [0, 0.1) is 0 Å². The molecule has 0 aliphatic rings. The highest BCUT2D eigenvalue weighted by Gasteiger charge is 2.15. The van der Waals surface area contributed by atoms with Crippen molar-refractivity contribution in [1.29, 1.82) is 0 Å². The maximum atomic E-state index is 11.0. The Kier molecular flexibility index (Phi) is 3.56. The van der Waals surface area contributed by atoms with Gasteiger partial charge in [-0.1, -0.05) is 0 Å². The average Bonchev–Trinajstić information content (AvgIpc) is 2.14. The van der Waals surface area contributed by atoms with Gasteiger partial charge in [-0.25, -0.2) is 18.2 Å². The SMILES string of the molecule is CN(C)c1ncc(NS(C)(=O)=O)cc1C(=O)O. The van der Waals surface area contributed by atoms with Gasteiger partial charge in [-0.05, 0) is 6.07 Å². The van der Waals surface area contributed by atoms with E-state index in [1.165, 1.54) is 17.2 Å². The van der Waals surface area contributed by atoms with E-state index < -0.39 is 16.0 Å². The highest BCUT2D eigenvalue weighted by atomic mass is 32.2. The van der Waals surface area contributed by atoms with Crippen molar-refractivity contribution in [3.8, 4) is 0 Å². The van der Waals surface area contributed by atoms with Gasteiger partial charge in [-0.2, -0.15) is 0 Å². The number of hydrogen-bond acceptors (Lipinski definition) is 5. The smallest absolute Gasteiger partial charge is 0.339 e. The standard InChI is InChI=1S/C9H13N3O4S/c1-12(2)8-7(9(13)14)4-6(5-10-8)11-17(3,15)16/h4-5,11H,1-3H3,(H,13,14). The number of nitrogens with one attached hydrogen (secondary N) is 1. The van der Waals surface area contributed by atoms with Crippen LogP contribution in [0.5, 0.6) is 0 Å². The van der Waals surface area contributed by atoms with Crippen LogP contribution < -0.4 is 9.62 Å². The Bertz CT molecular complexity index is 539. The van der Waals surface area contributed by atoms with Crippen molar-refractivity contribution in [3.05, 3.63) is 17.8 Å². The number of rotatable bonds is 4. The van der Waals surface area contributed by atoms with Crippen LogP contribution in [0.2, 0.25) is 0 Å². The van der Waals surface area contributed by atoms with E-state index in [9.17, 15) is 13.2 Å². The Morgan fingerprint density at radius 2 is 2.06 bits per heavy atom. The van der Waals surface area contributed by atoms with Crippen LogP contribution in [-0.2, 0) is 10.0 Å². The highest BCUT2D eigenvalue weighted by molar-refractivity contribution is 7.92. The van der Waals surface area contributed by atoms with E-state index in [1.807, 2.05) is 0 Å². The summed E-state index contributed by atoms with van der Waals surface area (Å²) in [4.78, 5) is 16.4. The molecule has 0 spiro atoms. The lowest BCUT2D eigenvalue weighted by Crippen LogP contribution is -2.17. The number of anilines is 2.